The molecule has 1 amide bonds. The molecule has 1 aromatic carbocycles. The van der Waals surface area contributed by atoms with Crippen molar-refractivity contribution in [2.75, 3.05) is 20.7 Å². The van der Waals surface area contributed by atoms with Crippen molar-refractivity contribution in [1.82, 2.24) is 9.62 Å². The van der Waals surface area contributed by atoms with Crippen molar-refractivity contribution >= 4 is 21.9 Å². The highest BCUT2D eigenvalue weighted by molar-refractivity contribution is 7.89. The van der Waals surface area contributed by atoms with Gasteiger partial charge in [-0.05, 0) is 37.0 Å². The number of nitrogens with zero attached hydrogens (tertiary/aromatic N) is 1. The van der Waals surface area contributed by atoms with Crippen LogP contribution in [0.15, 0.2) is 29.2 Å². The van der Waals surface area contributed by atoms with Crippen LogP contribution in [0.3, 0.4) is 0 Å². The van der Waals surface area contributed by atoms with Crippen molar-refractivity contribution in [3.05, 3.63) is 29.8 Å². The molecule has 1 unspecified atom stereocenters. The first-order valence-corrected chi connectivity index (χ1v) is 9.72. The molecule has 25 heavy (non-hydrogen) atoms. The molecular weight excluding hydrogens is 344 g/mol. The molecule has 7 nitrogen and oxygen atoms in total. The second-order valence-corrected chi connectivity index (χ2v) is 7.89. The first-order chi connectivity index (χ1) is 11.8. The summed E-state index contributed by atoms with van der Waals surface area (Å²) >= 11 is 0. The van der Waals surface area contributed by atoms with Gasteiger partial charge in [-0.15, -0.1) is 0 Å². The number of carbonyl (C=O) groups excluding carboxylic acids is 2. The van der Waals surface area contributed by atoms with Gasteiger partial charge in [0.2, 0.25) is 15.9 Å². The van der Waals surface area contributed by atoms with E-state index in [1.54, 1.807) is 24.1 Å². The maximum atomic E-state index is 12.5. The lowest BCUT2D eigenvalue weighted by atomic mass is 10.1. The molecule has 0 aromatic heterocycles. The number of methoxy groups -OCH3 is 1. The van der Waals surface area contributed by atoms with E-state index in [-0.39, 0.29) is 29.2 Å². The highest BCUT2D eigenvalue weighted by Gasteiger charge is 2.24. The summed E-state index contributed by atoms with van der Waals surface area (Å²) in [5, 5.41) is 0. The molecule has 138 valence electrons. The van der Waals surface area contributed by atoms with Gasteiger partial charge in [0.25, 0.3) is 0 Å². The Morgan fingerprint density at radius 2 is 1.96 bits per heavy atom. The number of hydrogen-bond acceptors (Lipinski definition) is 5. The van der Waals surface area contributed by atoms with E-state index in [2.05, 4.69) is 9.46 Å². The van der Waals surface area contributed by atoms with E-state index in [9.17, 15) is 18.0 Å². The van der Waals surface area contributed by atoms with Gasteiger partial charge < -0.3 is 9.64 Å². The number of aryl methyl sites for hydroxylation is 1. The second-order valence-electron chi connectivity index (χ2n) is 6.18. The Hall–Kier alpha value is -1.93. The smallest absolute Gasteiger partial charge is 0.305 e. The lowest BCUT2D eigenvalue weighted by Crippen LogP contribution is -2.35. The number of rotatable bonds is 6. The largest absolute Gasteiger partial charge is 0.469 e. The molecule has 1 atom stereocenters. The quantitative estimate of drug-likeness (QED) is 0.759. The fraction of sp³-hybridized carbons (Fsp3) is 0.529. The molecule has 1 N–H and O–H groups in total. The molecule has 0 spiro atoms. The summed E-state index contributed by atoms with van der Waals surface area (Å²) in [6.45, 7) is 0.540. The van der Waals surface area contributed by atoms with Gasteiger partial charge in [0.1, 0.15) is 0 Å². The standard InChI is InChI=1S/C17H24N2O5S/c1-19-12-11-14(6-9-16(19)20)18-25(22,23)15-7-3-13(4-8-15)5-10-17(21)24-2/h3-4,7-8,14,18H,5-6,9-12H2,1-2H3. The third kappa shape index (κ3) is 5.54. The van der Waals surface area contributed by atoms with Crippen molar-refractivity contribution in [1.29, 1.82) is 0 Å². The number of amides is 1. The van der Waals surface area contributed by atoms with Crippen molar-refractivity contribution < 1.29 is 22.7 Å². The summed E-state index contributed by atoms with van der Waals surface area (Å²) in [5.74, 6) is -0.261. The fourth-order valence-corrected chi connectivity index (χ4v) is 4.00. The highest BCUT2D eigenvalue weighted by Crippen LogP contribution is 2.16. The van der Waals surface area contributed by atoms with Gasteiger partial charge in [0.15, 0.2) is 0 Å². The first-order valence-electron chi connectivity index (χ1n) is 8.24. The maximum absolute atomic E-state index is 12.5. The molecule has 1 aliphatic heterocycles. The van der Waals surface area contributed by atoms with Crippen LogP contribution in [0.4, 0.5) is 0 Å². The first kappa shape index (κ1) is 19.4. The van der Waals surface area contributed by atoms with E-state index in [1.165, 1.54) is 19.2 Å². The zero-order valence-corrected chi connectivity index (χ0v) is 15.3. The zero-order valence-electron chi connectivity index (χ0n) is 14.5. The van der Waals surface area contributed by atoms with Crippen molar-refractivity contribution in [3.63, 3.8) is 0 Å². The van der Waals surface area contributed by atoms with Crippen molar-refractivity contribution in [2.45, 2.75) is 43.0 Å². The Morgan fingerprint density at radius 1 is 1.28 bits per heavy atom. The van der Waals surface area contributed by atoms with E-state index in [4.69, 9.17) is 0 Å². The number of esters is 1. The number of nitrogens with one attached hydrogen (secondary N) is 1. The van der Waals surface area contributed by atoms with E-state index in [0.717, 1.165) is 5.56 Å². The summed E-state index contributed by atoms with van der Waals surface area (Å²) < 4.78 is 32.3. The van der Waals surface area contributed by atoms with Crippen molar-refractivity contribution in [3.8, 4) is 0 Å². The molecule has 1 aromatic rings. The molecular formula is C17H24N2O5S. The monoisotopic (exact) mass is 368 g/mol. The SMILES string of the molecule is COC(=O)CCc1ccc(S(=O)(=O)NC2CCC(=O)N(C)CC2)cc1. The number of ether oxygens (including phenoxy) is 1. The average Bonchev–Trinajstić information content (AvgIpc) is 2.75. The minimum absolute atomic E-state index is 0.0386. The van der Waals surface area contributed by atoms with Gasteiger partial charge in [-0.2, -0.15) is 0 Å². The topological polar surface area (TPSA) is 92.8 Å². The third-order valence-corrected chi connectivity index (χ3v) is 5.88. The molecule has 0 saturated carbocycles. The van der Waals surface area contributed by atoms with Crippen LogP contribution in [-0.2, 0) is 30.8 Å². The van der Waals surface area contributed by atoms with E-state index in [0.29, 0.717) is 32.2 Å². The molecule has 2 rings (SSSR count). The normalized spacial score (nSPS) is 18.7. The summed E-state index contributed by atoms with van der Waals surface area (Å²) in [7, 11) is -0.571. The fourth-order valence-electron chi connectivity index (χ4n) is 2.70. The lowest BCUT2D eigenvalue weighted by molar-refractivity contribution is -0.140. The van der Waals surface area contributed by atoms with Crippen LogP contribution in [0.5, 0.6) is 0 Å². The van der Waals surface area contributed by atoms with Crippen LogP contribution in [0, 0.1) is 0 Å². The third-order valence-electron chi connectivity index (χ3n) is 4.35. The van der Waals surface area contributed by atoms with Gasteiger partial charge >= 0.3 is 5.97 Å². The molecule has 8 heteroatoms. The van der Waals surface area contributed by atoms with Crippen LogP contribution in [0.2, 0.25) is 0 Å². The molecule has 1 fully saturated rings. The number of benzene rings is 1. The van der Waals surface area contributed by atoms with Crippen molar-refractivity contribution in [2.24, 2.45) is 0 Å². The number of likely N-dealkylation sites (tertiary alicyclic amines) is 1. The summed E-state index contributed by atoms with van der Waals surface area (Å²) in [6.07, 6.45) is 2.19. The molecule has 0 radical (unpaired) electrons. The van der Waals surface area contributed by atoms with E-state index in [1.807, 2.05) is 0 Å². The van der Waals surface area contributed by atoms with Gasteiger partial charge in [-0.3, -0.25) is 9.59 Å². The summed E-state index contributed by atoms with van der Waals surface area (Å²) in [5.41, 5.74) is 0.867. The van der Waals surface area contributed by atoms with Crippen LogP contribution in [-0.4, -0.2) is 51.9 Å². The highest BCUT2D eigenvalue weighted by atomic mass is 32.2. The minimum atomic E-state index is -3.64. The summed E-state index contributed by atoms with van der Waals surface area (Å²) in [6, 6.07) is 6.20. The minimum Gasteiger partial charge on any atom is -0.469 e. The van der Waals surface area contributed by atoms with Crippen LogP contribution in [0.25, 0.3) is 0 Å². The maximum Gasteiger partial charge on any atom is 0.305 e. The van der Waals surface area contributed by atoms with Crippen LogP contribution >= 0.6 is 0 Å². The predicted molar refractivity (Wildman–Crippen MR) is 92.4 cm³/mol. The van der Waals surface area contributed by atoms with Crippen LogP contribution in [0.1, 0.15) is 31.2 Å². The van der Waals surface area contributed by atoms with Gasteiger partial charge in [0, 0.05) is 32.5 Å². The Kier molecular flexibility index (Phi) is 6.55. The molecule has 0 bridgehead atoms. The lowest BCUT2D eigenvalue weighted by Gasteiger charge is -2.17. The average molecular weight is 368 g/mol. The van der Waals surface area contributed by atoms with E-state index >= 15 is 0 Å². The van der Waals surface area contributed by atoms with Crippen LogP contribution < -0.4 is 4.72 Å². The second kappa shape index (κ2) is 8.44. The Morgan fingerprint density at radius 3 is 2.60 bits per heavy atom. The van der Waals surface area contributed by atoms with Gasteiger partial charge in [-0.1, -0.05) is 12.1 Å². The Labute approximate surface area is 148 Å². The van der Waals surface area contributed by atoms with Gasteiger partial charge in [0.05, 0.1) is 12.0 Å². The summed E-state index contributed by atoms with van der Waals surface area (Å²) in [4.78, 5) is 24.6. The number of sulfonamides is 1. The molecule has 1 aliphatic rings. The van der Waals surface area contributed by atoms with E-state index < -0.39 is 10.0 Å². The number of carbonyl (C=O) groups is 2. The molecule has 1 saturated heterocycles. The predicted octanol–water partition coefficient (Wildman–Crippen LogP) is 1.08. The molecule has 0 aliphatic carbocycles. The Balaban J connectivity index is 1.99. The molecule has 1 heterocycles. The Bertz CT molecular complexity index is 715. The zero-order chi connectivity index (χ0) is 18.4. The van der Waals surface area contributed by atoms with Gasteiger partial charge in [-0.25, -0.2) is 13.1 Å². The number of hydrogen-bond donors (Lipinski definition) is 1.